The van der Waals surface area contributed by atoms with Gasteiger partial charge >= 0.3 is 0 Å². The summed E-state index contributed by atoms with van der Waals surface area (Å²) in [5.74, 6) is 2.20. The Balaban J connectivity index is 1.31. The zero-order chi connectivity index (χ0) is 20.6. The molecule has 1 heterocycles. The highest BCUT2D eigenvalue weighted by Crippen LogP contribution is 2.49. The van der Waals surface area contributed by atoms with E-state index in [9.17, 15) is 13.2 Å². The van der Waals surface area contributed by atoms with E-state index in [2.05, 4.69) is 12.2 Å². The van der Waals surface area contributed by atoms with E-state index in [0.29, 0.717) is 37.4 Å². The average Bonchev–Trinajstić information content (AvgIpc) is 3.37. The molecule has 2 saturated carbocycles. The summed E-state index contributed by atoms with van der Waals surface area (Å²) in [6, 6.07) is 8.19. The number of nitrogens with one attached hydrogen (secondary N) is 1. The van der Waals surface area contributed by atoms with Crippen LogP contribution in [0.1, 0.15) is 51.0 Å². The number of piperidine rings is 1. The van der Waals surface area contributed by atoms with Gasteiger partial charge in [-0.1, -0.05) is 6.42 Å². The minimum atomic E-state index is -3.59. The van der Waals surface area contributed by atoms with Gasteiger partial charge < -0.3 is 5.32 Å². The summed E-state index contributed by atoms with van der Waals surface area (Å²) < 4.78 is 27.1. The molecule has 0 aromatic heterocycles. The molecule has 3 fully saturated rings. The first-order chi connectivity index (χ1) is 13.9. The highest BCUT2D eigenvalue weighted by atomic mass is 32.2. The fourth-order valence-electron chi connectivity index (χ4n) is 5.56. The number of carbonyl (C=O) groups excluding carboxylic acids is 1. The van der Waals surface area contributed by atoms with Crippen molar-refractivity contribution >= 4 is 15.9 Å². The van der Waals surface area contributed by atoms with E-state index in [1.54, 1.807) is 0 Å². The molecule has 1 amide bonds. The monoisotopic (exact) mass is 415 g/mol. The minimum absolute atomic E-state index is 0.0793. The Kier molecular flexibility index (Phi) is 5.67. The van der Waals surface area contributed by atoms with Gasteiger partial charge in [-0.15, -0.1) is 0 Å². The van der Waals surface area contributed by atoms with Crippen LogP contribution in [-0.2, 0) is 14.8 Å². The first-order valence-corrected chi connectivity index (χ1v) is 12.1. The molecule has 3 aliphatic rings. The molecule has 1 aliphatic heterocycles. The second-order valence-corrected chi connectivity index (χ2v) is 10.9. The normalized spacial score (nSPS) is 28.8. The summed E-state index contributed by atoms with van der Waals surface area (Å²) in [5.41, 5.74) is 0.434. The maximum atomic E-state index is 12.8. The molecular formula is C22H29N3O3S. The number of nitrogens with zero attached hydrogens (tertiary/aromatic N) is 2. The maximum absolute atomic E-state index is 12.8. The van der Waals surface area contributed by atoms with Crippen molar-refractivity contribution < 1.29 is 13.2 Å². The standard InChI is InChI=1S/C22H29N3O3S/c1-15(21-13-17-2-5-19(21)12-17)24-22(26)18-8-10-25(11-9-18)29(27,28)20-6-3-16(14-23)4-7-20/h3-4,6-7,15,17-19,21H,2,5,8-13H2,1H3,(H,24,26)/t15-,17+,19+,21-/m1/s1. The molecule has 6 nitrogen and oxygen atoms in total. The van der Waals surface area contributed by atoms with Crippen molar-refractivity contribution in [3.63, 3.8) is 0 Å². The van der Waals surface area contributed by atoms with Crippen LogP contribution in [0.25, 0.3) is 0 Å². The first-order valence-electron chi connectivity index (χ1n) is 10.7. The quantitative estimate of drug-likeness (QED) is 0.801. The van der Waals surface area contributed by atoms with Crippen LogP contribution in [-0.4, -0.2) is 37.8 Å². The molecule has 1 aromatic carbocycles. The van der Waals surface area contributed by atoms with E-state index in [0.717, 1.165) is 11.8 Å². The summed E-state index contributed by atoms with van der Waals surface area (Å²) in [6.45, 7) is 2.83. The zero-order valence-electron chi connectivity index (χ0n) is 16.9. The van der Waals surface area contributed by atoms with Crippen molar-refractivity contribution in [3.8, 4) is 6.07 Å². The predicted octanol–water partition coefficient (Wildman–Crippen LogP) is 2.90. The Hall–Kier alpha value is -1.91. The predicted molar refractivity (Wildman–Crippen MR) is 109 cm³/mol. The second kappa shape index (κ2) is 8.08. The van der Waals surface area contributed by atoms with Crippen molar-refractivity contribution in [2.45, 2.75) is 56.4 Å². The molecule has 2 aliphatic carbocycles. The van der Waals surface area contributed by atoms with Gasteiger partial charge in [0.25, 0.3) is 0 Å². The van der Waals surface area contributed by atoms with E-state index < -0.39 is 10.0 Å². The summed E-state index contributed by atoms with van der Waals surface area (Å²) in [4.78, 5) is 13.0. The fourth-order valence-corrected chi connectivity index (χ4v) is 7.03. The van der Waals surface area contributed by atoms with E-state index in [-0.39, 0.29) is 22.8 Å². The van der Waals surface area contributed by atoms with E-state index >= 15 is 0 Å². The number of nitriles is 1. The largest absolute Gasteiger partial charge is 0.353 e. The maximum Gasteiger partial charge on any atom is 0.243 e. The van der Waals surface area contributed by atoms with Crippen molar-refractivity contribution in [3.05, 3.63) is 29.8 Å². The van der Waals surface area contributed by atoms with Crippen molar-refractivity contribution in [2.24, 2.45) is 23.7 Å². The first kappa shape index (κ1) is 20.4. The molecule has 4 atom stereocenters. The van der Waals surface area contributed by atoms with E-state index in [4.69, 9.17) is 5.26 Å². The number of hydrogen-bond acceptors (Lipinski definition) is 4. The molecule has 4 rings (SSSR count). The van der Waals surface area contributed by atoms with Gasteiger partial charge in [0.2, 0.25) is 15.9 Å². The zero-order valence-corrected chi connectivity index (χ0v) is 17.7. The molecule has 0 radical (unpaired) electrons. The van der Waals surface area contributed by atoms with Crippen LogP contribution in [0.4, 0.5) is 0 Å². The lowest BCUT2D eigenvalue weighted by atomic mass is 9.83. The number of sulfonamides is 1. The number of rotatable bonds is 5. The molecule has 1 N–H and O–H groups in total. The topological polar surface area (TPSA) is 90.3 Å². The average molecular weight is 416 g/mol. The lowest BCUT2D eigenvalue weighted by Crippen LogP contribution is -2.47. The molecule has 0 spiro atoms. The minimum Gasteiger partial charge on any atom is -0.353 e. The van der Waals surface area contributed by atoms with Crippen LogP contribution in [0.2, 0.25) is 0 Å². The van der Waals surface area contributed by atoms with Gasteiger partial charge in [-0.3, -0.25) is 4.79 Å². The molecule has 1 aromatic rings. The van der Waals surface area contributed by atoms with E-state index in [1.165, 1.54) is 54.3 Å². The van der Waals surface area contributed by atoms with Gasteiger partial charge in [0, 0.05) is 25.0 Å². The smallest absolute Gasteiger partial charge is 0.243 e. The molecule has 29 heavy (non-hydrogen) atoms. The van der Waals surface area contributed by atoms with Crippen LogP contribution < -0.4 is 5.32 Å². The molecule has 7 heteroatoms. The summed E-state index contributed by atoms with van der Waals surface area (Å²) in [6.07, 6.45) is 6.33. The highest BCUT2D eigenvalue weighted by molar-refractivity contribution is 7.89. The number of fused-ring (bicyclic) bond motifs is 2. The van der Waals surface area contributed by atoms with Crippen LogP contribution >= 0.6 is 0 Å². The number of amides is 1. The SMILES string of the molecule is C[C@@H](NC(=O)C1CCN(S(=O)(=O)c2ccc(C#N)cc2)CC1)[C@H]1C[C@H]2CC[C@H]1C2. The Morgan fingerprint density at radius 3 is 2.38 bits per heavy atom. The Morgan fingerprint density at radius 1 is 1.14 bits per heavy atom. The Morgan fingerprint density at radius 2 is 1.83 bits per heavy atom. The van der Waals surface area contributed by atoms with Gasteiger partial charge in [0.1, 0.15) is 0 Å². The van der Waals surface area contributed by atoms with Crippen LogP contribution in [0, 0.1) is 35.0 Å². The van der Waals surface area contributed by atoms with Crippen LogP contribution in [0.15, 0.2) is 29.2 Å². The van der Waals surface area contributed by atoms with Crippen molar-refractivity contribution in [1.82, 2.24) is 9.62 Å². The van der Waals surface area contributed by atoms with Gasteiger partial charge in [-0.2, -0.15) is 9.57 Å². The lowest BCUT2D eigenvalue weighted by Gasteiger charge is -2.33. The summed E-state index contributed by atoms with van der Waals surface area (Å²) >= 11 is 0. The van der Waals surface area contributed by atoms with Crippen LogP contribution in [0.5, 0.6) is 0 Å². The molecule has 1 saturated heterocycles. The molecule has 156 valence electrons. The van der Waals surface area contributed by atoms with Gasteiger partial charge in [0.05, 0.1) is 16.5 Å². The third kappa shape index (κ3) is 4.06. The van der Waals surface area contributed by atoms with Crippen LogP contribution in [0.3, 0.4) is 0 Å². The third-order valence-electron chi connectivity index (χ3n) is 7.25. The number of hydrogen-bond donors (Lipinski definition) is 1. The van der Waals surface area contributed by atoms with Gasteiger partial charge in [-0.05, 0) is 81.0 Å². The second-order valence-electron chi connectivity index (χ2n) is 8.95. The summed E-state index contributed by atoms with van der Waals surface area (Å²) in [5, 5.41) is 12.1. The Bertz CT molecular complexity index is 898. The third-order valence-corrected chi connectivity index (χ3v) is 9.16. The number of benzene rings is 1. The fraction of sp³-hybridized carbons (Fsp3) is 0.636. The van der Waals surface area contributed by atoms with Crippen molar-refractivity contribution in [2.75, 3.05) is 13.1 Å². The highest BCUT2D eigenvalue weighted by Gasteiger charge is 2.42. The number of carbonyl (C=O) groups is 1. The van der Waals surface area contributed by atoms with E-state index in [1.807, 2.05) is 6.07 Å². The lowest BCUT2D eigenvalue weighted by molar-refractivity contribution is -0.127. The van der Waals surface area contributed by atoms with Gasteiger partial charge in [0.15, 0.2) is 0 Å². The van der Waals surface area contributed by atoms with Crippen molar-refractivity contribution in [1.29, 1.82) is 5.26 Å². The van der Waals surface area contributed by atoms with Gasteiger partial charge in [-0.25, -0.2) is 8.42 Å². The molecule has 0 unspecified atom stereocenters. The molecular weight excluding hydrogens is 386 g/mol. The summed E-state index contributed by atoms with van der Waals surface area (Å²) in [7, 11) is -3.59. The Labute approximate surface area is 173 Å². The molecule has 2 bridgehead atoms.